The van der Waals surface area contributed by atoms with E-state index < -0.39 is 16.9 Å². The molecule has 0 fully saturated rings. The standard InChI is InChI=1S/C28H22ClN3O6S/c1-15(2)37-27(34)24-16(3)30-28-31(25(24)20-9-4-5-10-21(20)29)26(33)23(39-28)14-19-11-12-22(38-19)17-7-6-8-18(13-17)32(35)36/h4-15,25H,1-3H3. The Bertz CT molecular complexity index is 1830. The summed E-state index contributed by atoms with van der Waals surface area (Å²) in [6.45, 7) is 5.20. The normalized spacial score (nSPS) is 15.3. The number of benzene rings is 2. The summed E-state index contributed by atoms with van der Waals surface area (Å²) in [5.41, 5.74) is 1.35. The molecular weight excluding hydrogens is 542 g/mol. The van der Waals surface area contributed by atoms with E-state index in [1.807, 2.05) is 0 Å². The Morgan fingerprint density at radius 3 is 2.69 bits per heavy atom. The summed E-state index contributed by atoms with van der Waals surface area (Å²) in [7, 11) is 0. The third-order valence-corrected chi connectivity index (χ3v) is 7.35. The lowest BCUT2D eigenvalue weighted by Crippen LogP contribution is -2.40. The van der Waals surface area contributed by atoms with Gasteiger partial charge in [-0.15, -0.1) is 0 Å². The first kappa shape index (κ1) is 26.3. The van der Waals surface area contributed by atoms with Crippen LogP contribution in [0.1, 0.15) is 38.1 Å². The van der Waals surface area contributed by atoms with Gasteiger partial charge in [0.1, 0.15) is 17.6 Å². The van der Waals surface area contributed by atoms with Crippen molar-refractivity contribution < 1.29 is 18.9 Å². The maximum atomic E-state index is 13.8. The van der Waals surface area contributed by atoms with E-state index in [2.05, 4.69) is 4.99 Å². The molecule has 1 aliphatic heterocycles. The number of carbonyl (C=O) groups excluding carboxylic acids is 1. The maximum absolute atomic E-state index is 13.8. The van der Waals surface area contributed by atoms with Crippen LogP contribution in [0.25, 0.3) is 17.4 Å². The van der Waals surface area contributed by atoms with Crippen molar-refractivity contribution in [1.29, 1.82) is 0 Å². The van der Waals surface area contributed by atoms with Crippen molar-refractivity contribution >= 4 is 40.7 Å². The molecule has 2 aromatic carbocycles. The van der Waals surface area contributed by atoms with Gasteiger partial charge < -0.3 is 9.15 Å². The molecule has 0 N–H and O–H groups in total. The molecule has 0 saturated carbocycles. The highest BCUT2D eigenvalue weighted by Gasteiger charge is 2.34. The number of allylic oxidation sites excluding steroid dienone is 1. The van der Waals surface area contributed by atoms with Gasteiger partial charge in [0.25, 0.3) is 11.2 Å². The molecule has 0 amide bonds. The number of hydrogen-bond acceptors (Lipinski definition) is 8. The number of furan rings is 1. The van der Waals surface area contributed by atoms with E-state index in [0.29, 0.717) is 42.7 Å². The van der Waals surface area contributed by atoms with Crippen molar-refractivity contribution in [2.75, 3.05) is 0 Å². The number of nitro benzene ring substituents is 1. The quantitative estimate of drug-likeness (QED) is 0.185. The molecule has 0 aliphatic carbocycles. The summed E-state index contributed by atoms with van der Waals surface area (Å²) in [5, 5.41) is 11.5. The average molecular weight is 564 g/mol. The fraction of sp³-hybridized carbons (Fsp3) is 0.179. The molecule has 0 spiro atoms. The van der Waals surface area contributed by atoms with Crippen molar-refractivity contribution in [1.82, 2.24) is 4.57 Å². The molecule has 1 atom stereocenters. The Balaban J connectivity index is 1.63. The molecule has 1 unspecified atom stereocenters. The van der Waals surface area contributed by atoms with Crippen molar-refractivity contribution in [2.24, 2.45) is 4.99 Å². The average Bonchev–Trinajstić information content (AvgIpc) is 3.47. The number of rotatable bonds is 6. The summed E-state index contributed by atoms with van der Waals surface area (Å²) in [6.07, 6.45) is 1.22. The smallest absolute Gasteiger partial charge is 0.338 e. The van der Waals surface area contributed by atoms with Gasteiger partial charge in [0, 0.05) is 28.8 Å². The van der Waals surface area contributed by atoms with Gasteiger partial charge in [-0.25, -0.2) is 9.79 Å². The molecule has 9 nitrogen and oxygen atoms in total. The molecule has 198 valence electrons. The Morgan fingerprint density at radius 2 is 1.97 bits per heavy atom. The zero-order chi connectivity index (χ0) is 27.8. The Hall–Kier alpha value is -4.28. The molecule has 0 saturated heterocycles. The van der Waals surface area contributed by atoms with Gasteiger partial charge >= 0.3 is 5.97 Å². The third-order valence-electron chi connectivity index (χ3n) is 6.03. The van der Waals surface area contributed by atoms with Crippen molar-refractivity contribution in [3.63, 3.8) is 0 Å². The number of esters is 1. The van der Waals surface area contributed by atoms with Gasteiger partial charge in [0.2, 0.25) is 0 Å². The number of hydrogen-bond donors (Lipinski definition) is 0. The molecule has 2 aromatic heterocycles. The first-order chi connectivity index (χ1) is 18.6. The third kappa shape index (κ3) is 5.08. The van der Waals surface area contributed by atoms with Crippen LogP contribution < -0.4 is 14.9 Å². The van der Waals surface area contributed by atoms with E-state index in [-0.39, 0.29) is 22.9 Å². The number of aromatic nitrogens is 1. The minimum Gasteiger partial charge on any atom is -0.459 e. The first-order valence-electron chi connectivity index (χ1n) is 12.0. The molecule has 4 aromatic rings. The highest BCUT2D eigenvalue weighted by molar-refractivity contribution is 7.07. The number of nitro groups is 1. The number of fused-ring (bicyclic) bond motifs is 1. The predicted octanol–water partition coefficient (Wildman–Crippen LogP) is 5.01. The lowest BCUT2D eigenvalue weighted by Gasteiger charge is -2.26. The summed E-state index contributed by atoms with van der Waals surface area (Å²) >= 11 is 7.70. The van der Waals surface area contributed by atoms with Crippen molar-refractivity contribution in [3.8, 4) is 11.3 Å². The zero-order valence-corrected chi connectivity index (χ0v) is 22.7. The van der Waals surface area contributed by atoms with Gasteiger partial charge in [0.05, 0.1) is 26.8 Å². The van der Waals surface area contributed by atoms with Crippen LogP contribution in [-0.4, -0.2) is 21.6 Å². The number of non-ortho nitro benzene ring substituents is 1. The lowest BCUT2D eigenvalue weighted by atomic mass is 9.96. The molecule has 11 heteroatoms. The topological polar surface area (TPSA) is 117 Å². The number of carbonyl (C=O) groups is 1. The van der Waals surface area contributed by atoms with Crippen molar-refractivity contribution in [2.45, 2.75) is 32.9 Å². The van der Waals surface area contributed by atoms with Gasteiger partial charge in [-0.05, 0) is 44.5 Å². The van der Waals surface area contributed by atoms with Crippen LogP contribution in [-0.2, 0) is 9.53 Å². The number of ether oxygens (including phenoxy) is 1. The Labute approximate surface area is 231 Å². The summed E-state index contributed by atoms with van der Waals surface area (Å²) in [5.74, 6) is 0.227. The lowest BCUT2D eigenvalue weighted by molar-refractivity contribution is -0.384. The summed E-state index contributed by atoms with van der Waals surface area (Å²) in [6, 6.07) is 15.6. The maximum Gasteiger partial charge on any atom is 0.338 e. The zero-order valence-electron chi connectivity index (χ0n) is 21.1. The highest BCUT2D eigenvalue weighted by atomic mass is 35.5. The van der Waals surface area contributed by atoms with Crippen LogP contribution in [0.5, 0.6) is 0 Å². The number of halogens is 1. The molecular formula is C28H22ClN3O6S. The largest absolute Gasteiger partial charge is 0.459 e. The van der Waals surface area contributed by atoms with Crippen molar-refractivity contribution in [3.05, 3.63) is 118 Å². The minimum atomic E-state index is -0.833. The minimum absolute atomic E-state index is 0.0551. The van der Waals surface area contributed by atoms with Gasteiger partial charge in [-0.3, -0.25) is 19.5 Å². The van der Waals surface area contributed by atoms with Crippen LogP contribution >= 0.6 is 22.9 Å². The second-order valence-corrected chi connectivity index (χ2v) is 10.5. The van der Waals surface area contributed by atoms with Crippen LogP contribution in [0.15, 0.2) is 86.1 Å². The monoisotopic (exact) mass is 563 g/mol. The highest BCUT2D eigenvalue weighted by Crippen LogP contribution is 2.34. The summed E-state index contributed by atoms with van der Waals surface area (Å²) < 4.78 is 13.2. The fourth-order valence-electron chi connectivity index (χ4n) is 4.34. The van der Waals surface area contributed by atoms with E-state index in [1.165, 1.54) is 16.7 Å². The van der Waals surface area contributed by atoms with Crippen LogP contribution in [0.4, 0.5) is 5.69 Å². The molecule has 0 bridgehead atoms. The molecule has 0 radical (unpaired) electrons. The number of nitrogens with zero attached hydrogens (tertiary/aromatic N) is 3. The SMILES string of the molecule is CC1=C(C(=O)OC(C)C)C(c2ccccc2Cl)n2c(sc(=Cc3ccc(-c4cccc([N+](=O)[O-])c4)o3)c2=O)=N1. The van der Waals surface area contributed by atoms with E-state index in [4.69, 9.17) is 20.8 Å². The van der Waals surface area contributed by atoms with Gasteiger partial charge in [-0.1, -0.05) is 53.3 Å². The van der Waals surface area contributed by atoms with E-state index in [1.54, 1.807) is 75.4 Å². The summed E-state index contributed by atoms with van der Waals surface area (Å²) in [4.78, 5) is 42.6. The first-order valence-corrected chi connectivity index (χ1v) is 13.2. The Morgan fingerprint density at radius 1 is 1.21 bits per heavy atom. The van der Waals surface area contributed by atoms with E-state index >= 15 is 0 Å². The van der Waals surface area contributed by atoms with Crippen LogP contribution in [0, 0.1) is 10.1 Å². The molecule has 3 heterocycles. The second kappa shape index (κ2) is 10.5. The van der Waals surface area contributed by atoms with Crippen LogP contribution in [0.3, 0.4) is 0 Å². The van der Waals surface area contributed by atoms with Gasteiger partial charge in [-0.2, -0.15) is 0 Å². The Kier molecular flexibility index (Phi) is 7.07. The molecule has 1 aliphatic rings. The molecule has 5 rings (SSSR count). The fourth-order valence-corrected chi connectivity index (χ4v) is 5.60. The predicted molar refractivity (Wildman–Crippen MR) is 147 cm³/mol. The molecule has 39 heavy (non-hydrogen) atoms. The number of thiazole rings is 1. The van der Waals surface area contributed by atoms with E-state index in [9.17, 15) is 19.7 Å². The van der Waals surface area contributed by atoms with Crippen LogP contribution in [0.2, 0.25) is 5.02 Å². The van der Waals surface area contributed by atoms with E-state index in [0.717, 1.165) is 11.3 Å². The second-order valence-electron chi connectivity index (χ2n) is 9.07. The van der Waals surface area contributed by atoms with Gasteiger partial charge in [0.15, 0.2) is 4.80 Å².